The number of carbonyl (C=O) groups is 4. The predicted molar refractivity (Wildman–Crippen MR) is 252 cm³/mol. The van der Waals surface area contributed by atoms with Gasteiger partial charge in [-0.1, -0.05) is 155 Å². The minimum absolute atomic E-state index is 0.0436. The molecule has 0 saturated carbocycles. The monoisotopic (exact) mass is 877 g/mol. The van der Waals surface area contributed by atoms with Crippen molar-refractivity contribution in [3.8, 4) is 0 Å². The van der Waals surface area contributed by atoms with E-state index < -0.39 is 58.3 Å². The van der Waals surface area contributed by atoms with Gasteiger partial charge in [-0.05, 0) is 92.9 Å². The number of unbranched alkanes of at least 4 members (excludes halogenated alkanes) is 21. The van der Waals surface area contributed by atoms with Gasteiger partial charge in [-0.25, -0.2) is 0 Å². The standard InChI is InChI=1S/C52H96N2O8/c1-11-13-15-17-19-21-23-24-26-28-30-32-34-42(40-36-48(3,4)53-49(5,6)37-40)43(44(55)61-35-33-31-29-27-25-22-20-18-16-14-12-2)52(45(56)57,46(58)59)47(60)62-41-38-50(7,8)54-51(9,10)39-41/h40-43,53-54H,11-39H2,1-10H3,(H,56,57)(H,58,59). The first-order valence-electron chi connectivity index (χ1n) is 25.6. The minimum Gasteiger partial charge on any atom is -0.480 e. The van der Waals surface area contributed by atoms with Gasteiger partial charge in [-0.2, -0.15) is 0 Å². The summed E-state index contributed by atoms with van der Waals surface area (Å²) in [4.78, 5) is 57.2. The Morgan fingerprint density at radius 2 is 0.871 bits per heavy atom. The van der Waals surface area contributed by atoms with Crippen molar-refractivity contribution in [2.75, 3.05) is 6.61 Å². The van der Waals surface area contributed by atoms with Gasteiger partial charge in [0.1, 0.15) is 6.10 Å². The highest BCUT2D eigenvalue weighted by molar-refractivity contribution is 6.19. The van der Waals surface area contributed by atoms with Crippen LogP contribution < -0.4 is 10.6 Å². The van der Waals surface area contributed by atoms with Crippen LogP contribution in [0.25, 0.3) is 0 Å². The second kappa shape index (κ2) is 27.3. The van der Waals surface area contributed by atoms with E-state index in [0.29, 0.717) is 44.9 Å². The summed E-state index contributed by atoms with van der Waals surface area (Å²) in [6.45, 7) is 20.8. The summed E-state index contributed by atoms with van der Waals surface area (Å²) in [5.41, 5.74) is -4.87. The molecule has 2 unspecified atom stereocenters. The molecule has 2 rings (SSSR count). The first kappa shape index (κ1) is 55.9. The molecule has 2 fully saturated rings. The molecular formula is C52H96N2O8. The van der Waals surface area contributed by atoms with Crippen molar-refractivity contribution in [2.24, 2.45) is 23.2 Å². The van der Waals surface area contributed by atoms with E-state index in [-0.39, 0.29) is 23.6 Å². The Hall–Kier alpha value is -2.20. The molecule has 4 N–H and O–H groups in total. The molecular weight excluding hydrogens is 781 g/mol. The maximum atomic E-state index is 14.8. The number of aliphatic carboxylic acids is 2. The molecule has 2 heterocycles. The van der Waals surface area contributed by atoms with Gasteiger partial charge in [-0.3, -0.25) is 19.2 Å². The molecule has 0 aliphatic carbocycles. The van der Waals surface area contributed by atoms with Gasteiger partial charge < -0.3 is 30.3 Å². The average molecular weight is 877 g/mol. The number of carboxylic acid groups (broad SMARTS) is 2. The van der Waals surface area contributed by atoms with Crippen LogP contribution in [0.15, 0.2) is 0 Å². The zero-order valence-corrected chi connectivity index (χ0v) is 41.7. The molecule has 0 radical (unpaired) electrons. The van der Waals surface area contributed by atoms with Crippen molar-refractivity contribution in [1.82, 2.24) is 10.6 Å². The zero-order valence-electron chi connectivity index (χ0n) is 41.7. The Kier molecular flexibility index (Phi) is 24.6. The number of carbonyl (C=O) groups excluding carboxylic acids is 2. The number of hydrogen-bond acceptors (Lipinski definition) is 8. The maximum Gasteiger partial charge on any atom is 0.336 e. The summed E-state index contributed by atoms with van der Waals surface area (Å²) in [5, 5.41) is 29.7. The fourth-order valence-corrected chi connectivity index (χ4v) is 11.5. The lowest BCUT2D eigenvalue weighted by atomic mass is 9.59. The molecule has 2 aliphatic rings. The molecule has 362 valence electrons. The Morgan fingerprint density at radius 3 is 1.24 bits per heavy atom. The molecule has 0 amide bonds. The van der Waals surface area contributed by atoms with Crippen molar-refractivity contribution >= 4 is 23.9 Å². The van der Waals surface area contributed by atoms with E-state index in [2.05, 4.69) is 52.2 Å². The number of carboxylic acids is 2. The Morgan fingerprint density at radius 1 is 0.532 bits per heavy atom. The van der Waals surface area contributed by atoms with Crippen LogP contribution in [0.3, 0.4) is 0 Å². The van der Waals surface area contributed by atoms with Gasteiger partial charge in [-0.15, -0.1) is 0 Å². The number of ether oxygens (including phenoxy) is 2. The minimum atomic E-state index is -3.19. The number of esters is 2. The van der Waals surface area contributed by atoms with E-state index in [1.807, 2.05) is 27.7 Å². The van der Waals surface area contributed by atoms with E-state index >= 15 is 0 Å². The van der Waals surface area contributed by atoms with Crippen LogP contribution in [-0.4, -0.2) is 69.0 Å². The van der Waals surface area contributed by atoms with Crippen molar-refractivity contribution in [2.45, 2.75) is 277 Å². The molecule has 0 bridgehead atoms. The van der Waals surface area contributed by atoms with Crippen LogP contribution in [0.5, 0.6) is 0 Å². The SMILES string of the molecule is CCCCCCCCCCCCCCC(C1CC(C)(C)NC(C)(C)C1)C(C(=O)OCCCCCCCCCCCCC)C(C(=O)O)(C(=O)O)C(=O)OC1CC(C)(C)NC(C)(C)C1. The topological polar surface area (TPSA) is 151 Å². The lowest BCUT2D eigenvalue weighted by molar-refractivity contribution is -0.197. The highest BCUT2D eigenvalue weighted by Crippen LogP contribution is 2.49. The highest BCUT2D eigenvalue weighted by Gasteiger charge is 2.67. The zero-order chi connectivity index (χ0) is 46.5. The molecule has 2 atom stereocenters. The lowest BCUT2D eigenvalue weighted by Gasteiger charge is -2.51. The van der Waals surface area contributed by atoms with Gasteiger partial charge in [0.2, 0.25) is 0 Å². The summed E-state index contributed by atoms with van der Waals surface area (Å²) in [5.74, 6) is -8.80. The number of nitrogens with one attached hydrogen (secondary N) is 2. The van der Waals surface area contributed by atoms with Crippen LogP contribution in [0.4, 0.5) is 0 Å². The van der Waals surface area contributed by atoms with E-state index in [1.54, 1.807) is 0 Å². The van der Waals surface area contributed by atoms with Crippen LogP contribution >= 0.6 is 0 Å². The quantitative estimate of drug-likeness (QED) is 0.0285. The van der Waals surface area contributed by atoms with Crippen molar-refractivity contribution in [1.29, 1.82) is 0 Å². The summed E-state index contributed by atoms with van der Waals surface area (Å²) in [6, 6.07) is 0. The largest absolute Gasteiger partial charge is 0.480 e. The first-order valence-corrected chi connectivity index (χ1v) is 25.6. The van der Waals surface area contributed by atoms with E-state index in [1.165, 1.54) is 96.3 Å². The Labute approximate surface area is 379 Å². The molecule has 0 aromatic carbocycles. The number of hydrogen-bond donors (Lipinski definition) is 4. The van der Waals surface area contributed by atoms with Crippen molar-refractivity contribution in [3.63, 3.8) is 0 Å². The third-order valence-electron chi connectivity index (χ3n) is 13.8. The molecule has 2 saturated heterocycles. The molecule has 62 heavy (non-hydrogen) atoms. The molecule has 0 aromatic rings. The van der Waals surface area contributed by atoms with E-state index in [9.17, 15) is 29.4 Å². The van der Waals surface area contributed by atoms with Gasteiger partial charge in [0.15, 0.2) is 0 Å². The van der Waals surface area contributed by atoms with Gasteiger partial charge >= 0.3 is 23.9 Å². The molecule has 2 aliphatic heterocycles. The Balaban J connectivity index is 2.43. The number of piperidine rings is 2. The fourth-order valence-electron chi connectivity index (χ4n) is 11.5. The molecule has 0 spiro atoms. The lowest BCUT2D eigenvalue weighted by Crippen LogP contribution is -2.63. The summed E-state index contributed by atoms with van der Waals surface area (Å²) >= 11 is 0. The van der Waals surface area contributed by atoms with E-state index in [0.717, 1.165) is 38.5 Å². The second-order valence-electron chi connectivity index (χ2n) is 22.3. The van der Waals surface area contributed by atoms with Gasteiger partial charge in [0, 0.05) is 35.0 Å². The summed E-state index contributed by atoms with van der Waals surface area (Å²) < 4.78 is 12.1. The summed E-state index contributed by atoms with van der Waals surface area (Å²) in [7, 11) is 0. The van der Waals surface area contributed by atoms with Crippen LogP contribution in [0, 0.1) is 23.2 Å². The van der Waals surface area contributed by atoms with Crippen LogP contribution in [0.2, 0.25) is 0 Å². The maximum absolute atomic E-state index is 14.8. The Bertz CT molecular complexity index is 1280. The van der Waals surface area contributed by atoms with Gasteiger partial charge in [0.05, 0.1) is 12.5 Å². The van der Waals surface area contributed by atoms with E-state index in [4.69, 9.17) is 9.47 Å². The number of rotatable bonds is 33. The second-order valence-corrected chi connectivity index (χ2v) is 22.3. The van der Waals surface area contributed by atoms with Crippen molar-refractivity contribution in [3.05, 3.63) is 0 Å². The van der Waals surface area contributed by atoms with Gasteiger partial charge in [0.25, 0.3) is 5.41 Å². The molecule has 10 heteroatoms. The predicted octanol–water partition coefficient (Wildman–Crippen LogP) is 12.7. The average Bonchev–Trinajstić information content (AvgIpc) is 3.13. The summed E-state index contributed by atoms with van der Waals surface area (Å²) in [6.07, 6.45) is 27.6. The normalized spacial score (nSPS) is 19.7. The fraction of sp³-hybridized carbons (Fsp3) is 0.923. The molecule has 0 aromatic heterocycles. The van der Waals surface area contributed by atoms with Crippen LogP contribution in [0.1, 0.15) is 249 Å². The van der Waals surface area contributed by atoms with Crippen molar-refractivity contribution < 1.29 is 38.9 Å². The highest BCUT2D eigenvalue weighted by atomic mass is 16.6. The first-order chi connectivity index (χ1) is 29.1. The van der Waals surface area contributed by atoms with Crippen LogP contribution in [-0.2, 0) is 28.7 Å². The third kappa shape index (κ3) is 19.5. The smallest absolute Gasteiger partial charge is 0.336 e. The molecule has 10 nitrogen and oxygen atoms in total. The third-order valence-corrected chi connectivity index (χ3v) is 13.8.